The first-order chi connectivity index (χ1) is 23.0. The molecular formula is C41H80O6Sn. The van der Waals surface area contributed by atoms with Crippen molar-refractivity contribution < 1.29 is 29.7 Å². The molecule has 0 bridgehead atoms. The van der Waals surface area contributed by atoms with Gasteiger partial charge in [0, 0.05) is 17.9 Å². The van der Waals surface area contributed by atoms with Crippen molar-refractivity contribution in [2.45, 2.75) is 226 Å². The van der Waals surface area contributed by atoms with E-state index >= 15 is 0 Å². The van der Waals surface area contributed by atoms with Crippen LogP contribution in [0, 0.1) is 17.8 Å². The molecule has 0 rings (SSSR count). The molecule has 3 unspecified atom stereocenters. The van der Waals surface area contributed by atoms with E-state index in [1.165, 1.54) is 120 Å². The van der Waals surface area contributed by atoms with Gasteiger partial charge >= 0.3 is 72.4 Å². The van der Waals surface area contributed by atoms with Gasteiger partial charge in [0.15, 0.2) is 0 Å². The standard InChI is InChI=1S/3C11H22O2.C8H17.Sn/c3*1-3-4-5-6-7-8-9-10(2)11(12)13;1-3-5-7-8-6-4-2;/h3*10H,3-9H2,1-2H3,(H,12,13);1,3-8H2,2H3;/q;;;;+3/p-3. The topological polar surface area (TPSA) is 120 Å². The van der Waals surface area contributed by atoms with Crippen LogP contribution in [-0.2, 0) is 14.4 Å². The Bertz CT molecular complexity index is 575. The Morgan fingerprint density at radius 1 is 0.375 bits per heavy atom. The molecule has 0 aliphatic carbocycles. The van der Waals surface area contributed by atoms with Crippen LogP contribution in [0.1, 0.15) is 222 Å². The zero-order chi connectivity index (χ0) is 37.3. The summed E-state index contributed by atoms with van der Waals surface area (Å²) in [5, 5.41) is 31.1. The predicted octanol–water partition coefficient (Wildman–Crippen LogP) is 9.30. The molecule has 3 atom stereocenters. The molecule has 0 saturated carbocycles. The third-order valence-corrected chi connectivity index (χ3v) is 9.72. The summed E-state index contributed by atoms with van der Waals surface area (Å²) in [5.74, 6) is -3.54. The minimum absolute atomic E-state index is 0.272. The van der Waals surface area contributed by atoms with Gasteiger partial charge in [-0.3, -0.25) is 0 Å². The predicted molar refractivity (Wildman–Crippen MR) is 200 cm³/mol. The SMILES string of the molecule is CCCCCCCCC(C)C(=O)[O-].CCCCCCCCC(C)C(=O)[O-].CCCCCCCCC(C)C(=O)[O-].CCCCCCC[CH2][Sn+3]. The van der Waals surface area contributed by atoms with Gasteiger partial charge in [-0.1, -0.05) is 157 Å². The Hall–Kier alpha value is -0.791. The number of unbranched alkanes of at least 4 members (excludes halogenated alkanes) is 20. The van der Waals surface area contributed by atoms with E-state index < -0.39 is 17.9 Å². The van der Waals surface area contributed by atoms with Crippen LogP contribution < -0.4 is 15.3 Å². The normalized spacial score (nSPS) is 12.3. The van der Waals surface area contributed by atoms with Crippen LogP contribution in [0.25, 0.3) is 0 Å². The van der Waals surface area contributed by atoms with Crippen LogP contribution in [0.3, 0.4) is 0 Å². The fourth-order valence-corrected chi connectivity index (χ4v) is 5.66. The Balaban J connectivity index is -0.000000271. The third-order valence-electron chi connectivity index (χ3n) is 8.71. The molecule has 0 aromatic rings. The van der Waals surface area contributed by atoms with E-state index in [1.807, 2.05) is 0 Å². The second kappa shape index (κ2) is 46.2. The molecule has 0 fully saturated rings. The fraction of sp³-hybridized carbons (Fsp3) is 0.927. The van der Waals surface area contributed by atoms with Crippen LogP contribution >= 0.6 is 0 Å². The summed E-state index contributed by atoms with van der Waals surface area (Å²) in [5.41, 5.74) is 0. The van der Waals surface area contributed by atoms with E-state index in [1.54, 1.807) is 43.3 Å². The van der Waals surface area contributed by atoms with E-state index in [2.05, 4.69) is 27.7 Å². The molecule has 284 valence electrons. The zero-order valence-corrected chi connectivity index (χ0v) is 35.8. The number of rotatable bonds is 30. The molecule has 0 aliphatic rings. The van der Waals surface area contributed by atoms with Crippen LogP contribution in [0.2, 0.25) is 4.44 Å². The molecule has 0 aromatic heterocycles. The molecule has 0 radical (unpaired) electrons. The van der Waals surface area contributed by atoms with Crippen LogP contribution in [0.15, 0.2) is 0 Å². The minimum atomic E-state index is -0.909. The van der Waals surface area contributed by atoms with Gasteiger partial charge in [0.2, 0.25) is 0 Å². The van der Waals surface area contributed by atoms with E-state index in [9.17, 15) is 29.7 Å². The van der Waals surface area contributed by atoms with Crippen molar-refractivity contribution in [1.82, 2.24) is 0 Å². The van der Waals surface area contributed by atoms with Gasteiger partial charge in [0.1, 0.15) is 0 Å². The Kier molecular flexibility index (Phi) is 52.0. The van der Waals surface area contributed by atoms with Crippen LogP contribution in [-0.4, -0.2) is 40.4 Å². The first-order valence-corrected chi connectivity index (χ1v) is 22.2. The molecule has 0 amide bonds. The monoisotopic (exact) mass is 788 g/mol. The number of carboxylic acid groups (broad SMARTS) is 3. The van der Waals surface area contributed by atoms with Gasteiger partial charge in [-0.2, -0.15) is 0 Å². The van der Waals surface area contributed by atoms with E-state index in [0.717, 1.165) is 57.8 Å². The van der Waals surface area contributed by atoms with Crippen molar-refractivity contribution in [2.24, 2.45) is 17.8 Å². The molecule has 0 aliphatic heterocycles. The number of carbonyl (C=O) groups is 3. The number of carbonyl (C=O) groups excluding carboxylic acids is 3. The Labute approximate surface area is 312 Å². The number of aliphatic carboxylic acids is 3. The van der Waals surface area contributed by atoms with Crippen molar-refractivity contribution in [1.29, 1.82) is 0 Å². The third kappa shape index (κ3) is 52.0. The number of carboxylic acids is 3. The van der Waals surface area contributed by atoms with Crippen molar-refractivity contribution in [3.8, 4) is 0 Å². The van der Waals surface area contributed by atoms with E-state index in [0.29, 0.717) is 0 Å². The average Bonchev–Trinajstić information content (AvgIpc) is 3.06. The summed E-state index contributed by atoms with van der Waals surface area (Å²) in [7, 11) is 0. The van der Waals surface area contributed by atoms with Gasteiger partial charge in [0.25, 0.3) is 0 Å². The molecule has 0 saturated heterocycles. The van der Waals surface area contributed by atoms with Gasteiger partial charge < -0.3 is 29.7 Å². The second-order valence-electron chi connectivity index (χ2n) is 13.8. The first-order valence-electron chi connectivity index (χ1n) is 20.2. The summed E-state index contributed by atoms with van der Waals surface area (Å²) in [6, 6.07) is 0. The summed E-state index contributed by atoms with van der Waals surface area (Å²) in [4.78, 5) is 31.1. The quantitative estimate of drug-likeness (QED) is 0.0529. The van der Waals surface area contributed by atoms with Gasteiger partial charge in [-0.05, 0) is 37.0 Å². The van der Waals surface area contributed by atoms with Crippen LogP contribution in [0.4, 0.5) is 0 Å². The molecule has 7 heteroatoms. The molecule has 6 nitrogen and oxygen atoms in total. The summed E-state index contributed by atoms with van der Waals surface area (Å²) >= 11 is 1.71. The van der Waals surface area contributed by atoms with Gasteiger partial charge in [-0.25, -0.2) is 0 Å². The maximum atomic E-state index is 10.4. The Morgan fingerprint density at radius 2 is 0.562 bits per heavy atom. The molecular weight excluding hydrogens is 707 g/mol. The van der Waals surface area contributed by atoms with E-state index in [-0.39, 0.29) is 17.8 Å². The van der Waals surface area contributed by atoms with Crippen LogP contribution in [0.5, 0.6) is 0 Å². The average molecular weight is 788 g/mol. The molecule has 0 aromatic carbocycles. The second-order valence-corrected chi connectivity index (χ2v) is 15.3. The summed E-state index contributed by atoms with van der Waals surface area (Å²) < 4.78 is 1.46. The molecule has 0 heterocycles. The number of hydrogen-bond acceptors (Lipinski definition) is 6. The summed E-state index contributed by atoms with van der Waals surface area (Å²) in [6.45, 7) is 14.0. The Morgan fingerprint density at radius 3 is 0.750 bits per heavy atom. The molecule has 0 N–H and O–H groups in total. The van der Waals surface area contributed by atoms with Gasteiger partial charge in [0.05, 0.1) is 0 Å². The van der Waals surface area contributed by atoms with Crippen molar-refractivity contribution in [2.75, 3.05) is 0 Å². The van der Waals surface area contributed by atoms with Crippen molar-refractivity contribution in [3.63, 3.8) is 0 Å². The summed E-state index contributed by atoms with van der Waals surface area (Å²) in [6.07, 6.45) is 32.9. The fourth-order valence-electron chi connectivity index (χ4n) is 4.95. The van der Waals surface area contributed by atoms with E-state index in [4.69, 9.17) is 0 Å². The maximum absolute atomic E-state index is 10.4. The number of hydrogen-bond donors (Lipinski definition) is 0. The molecule has 48 heavy (non-hydrogen) atoms. The van der Waals surface area contributed by atoms with Crippen molar-refractivity contribution >= 4 is 40.4 Å². The molecule has 0 spiro atoms. The van der Waals surface area contributed by atoms with Gasteiger partial charge in [-0.15, -0.1) is 0 Å². The van der Waals surface area contributed by atoms with Crippen molar-refractivity contribution in [3.05, 3.63) is 0 Å². The first kappa shape index (κ1) is 54.0. The zero-order valence-electron chi connectivity index (χ0n) is 33.0.